The van der Waals surface area contributed by atoms with E-state index in [4.69, 9.17) is 55.2 Å². The van der Waals surface area contributed by atoms with Gasteiger partial charge in [0.1, 0.15) is 17.0 Å². The Morgan fingerprint density at radius 1 is 0.800 bits per heavy atom. The van der Waals surface area contributed by atoms with Crippen LogP contribution in [0.25, 0.3) is 40.0 Å². The maximum atomic E-state index is 12.4. The molecule has 5 aromatic rings. The molecule has 5 nitrogen and oxygen atoms in total. The van der Waals surface area contributed by atoms with Crippen molar-refractivity contribution >= 4 is 75.2 Å². The topological polar surface area (TPSA) is 68.3 Å². The number of hydrogen-bond acceptors (Lipinski definition) is 4. The Hall–Kier alpha value is -3.22. The number of benzene rings is 3. The Morgan fingerprint density at radius 3 is 2.37 bits per heavy atom. The average Bonchev–Trinajstić information content (AvgIpc) is 3.46. The number of hydrogen-bond donors (Lipinski definition) is 1. The lowest BCUT2D eigenvalue weighted by atomic mass is 10.2. The highest BCUT2D eigenvalue weighted by molar-refractivity contribution is 6.42. The van der Waals surface area contributed by atoms with Crippen LogP contribution in [0.5, 0.6) is 0 Å². The van der Waals surface area contributed by atoms with Crippen molar-refractivity contribution in [2.24, 2.45) is 0 Å². The second-order valence-electron chi connectivity index (χ2n) is 7.51. The van der Waals surface area contributed by atoms with E-state index >= 15 is 0 Å². The molecular weight excluding hydrogens is 530 g/mol. The lowest BCUT2D eigenvalue weighted by Crippen LogP contribution is -2.07. The van der Waals surface area contributed by atoms with Crippen molar-refractivity contribution in [2.75, 3.05) is 5.32 Å². The number of nitrogens with zero attached hydrogens (tertiary/aromatic N) is 1. The summed E-state index contributed by atoms with van der Waals surface area (Å²) in [6, 6.07) is 19.0. The zero-order valence-corrected chi connectivity index (χ0v) is 20.7. The van der Waals surface area contributed by atoms with Gasteiger partial charge in [-0.1, -0.05) is 46.4 Å². The van der Waals surface area contributed by atoms with E-state index in [1.807, 2.05) is 0 Å². The van der Waals surface area contributed by atoms with Crippen LogP contribution in [-0.2, 0) is 4.79 Å². The Labute approximate surface area is 219 Å². The molecule has 0 atom stereocenters. The van der Waals surface area contributed by atoms with Gasteiger partial charge in [0.05, 0.1) is 10.0 Å². The fourth-order valence-corrected chi connectivity index (χ4v) is 4.22. The van der Waals surface area contributed by atoms with Gasteiger partial charge in [-0.15, -0.1) is 0 Å². The summed E-state index contributed by atoms with van der Waals surface area (Å²) >= 11 is 24.2. The van der Waals surface area contributed by atoms with E-state index in [9.17, 15) is 4.79 Å². The molecule has 2 aromatic heterocycles. The first kappa shape index (κ1) is 23.5. The molecule has 0 saturated carbocycles. The van der Waals surface area contributed by atoms with Crippen LogP contribution in [-0.4, -0.2) is 10.9 Å². The van der Waals surface area contributed by atoms with E-state index < -0.39 is 0 Å². The number of furan rings is 1. The monoisotopic (exact) mass is 542 g/mol. The van der Waals surface area contributed by atoms with Crippen molar-refractivity contribution < 1.29 is 13.6 Å². The van der Waals surface area contributed by atoms with Gasteiger partial charge >= 0.3 is 0 Å². The summed E-state index contributed by atoms with van der Waals surface area (Å²) in [5.74, 6) is 1.16. The third-order valence-electron chi connectivity index (χ3n) is 4.99. The first-order chi connectivity index (χ1) is 16.8. The number of fused-ring (bicyclic) bond motifs is 1. The summed E-state index contributed by atoms with van der Waals surface area (Å²) < 4.78 is 11.6. The number of oxazole rings is 1. The van der Waals surface area contributed by atoms with Crippen molar-refractivity contribution in [3.8, 4) is 22.8 Å². The number of halogens is 4. The van der Waals surface area contributed by atoms with Crippen molar-refractivity contribution in [1.82, 2.24) is 4.98 Å². The second kappa shape index (κ2) is 9.80. The van der Waals surface area contributed by atoms with Crippen molar-refractivity contribution in [1.29, 1.82) is 0 Å². The van der Waals surface area contributed by atoms with Crippen LogP contribution < -0.4 is 5.32 Å². The molecule has 3 aromatic carbocycles. The summed E-state index contributed by atoms with van der Waals surface area (Å²) in [5, 5.41) is 4.67. The highest BCUT2D eigenvalue weighted by Gasteiger charge is 2.11. The molecule has 0 bridgehead atoms. The third-order valence-corrected chi connectivity index (χ3v) is 6.17. The summed E-state index contributed by atoms with van der Waals surface area (Å²) in [7, 11) is 0. The van der Waals surface area contributed by atoms with Crippen LogP contribution in [0, 0.1) is 0 Å². The summed E-state index contributed by atoms with van der Waals surface area (Å²) in [5.41, 5.74) is 3.16. The molecule has 0 saturated heterocycles. The van der Waals surface area contributed by atoms with Crippen LogP contribution >= 0.6 is 46.4 Å². The highest BCUT2D eigenvalue weighted by Crippen LogP contribution is 2.31. The van der Waals surface area contributed by atoms with Crippen molar-refractivity contribution in [3.05, 3.63) is 98.7 Å². The highest BCUT2D eigenvalue weighted by atomic mass is 35.5. The van der Waals surface area contributed by atoms with Crippen LogP contribution in [0.3, 0.4) is 0 Å². The zero-order chi connectivity index (χ0) is 24.5. The maximum Gasteiger partial charge on any atom is 0.248 e. The number of carbonyl (C=O) groups excluding carboxylic acids is 1. The predicted octanol–water partition coefficient (Wildman–Crippen LogP) is 9.02. The lowest BCUT2D eigenvalue weighted by Gasteiger charge is -2.01. The largest absolute Gasteiger partial charge is 0.457 e. The molecule has 0 aliphatic heterocycles. The molecule has 0 radical (unpaired) electrons. The lowest BCUT2D eigenvalue weighted by molar-refractivity contribution is -0.111. The van der Waals surface area contributed by atoms with Crippen molar-refractivity contribution in [2.45, 2.75) is 0 Å². The molecular formula is C26H14Cl4N2O3. The quantitative estimate of drug-likeness (QED) is 0.224. The Morgan fingerprint density at radius 2 is 1.60 bits per heavy atom. The number of amides is 1. The first-order valence-electron chi connectivity index (χ1n) is 10.3. The summed E-state index contributed by atoms with van der Waals surface area (Å²) in [6.07, 6.45) is 2.95. The first-order valence-corrected chi connectivity index (χ1v) is 11.8. The Kier molecular flexibility index (Phi) is 6.58. The van der Waals surface area contributed by atoms with Gasteiger partial charge in [-0.05, 0) is 72.8 Å². The standard InChI is InChI=1S/C26H14Cl4N2O3/c27-16-9-15(10-17(28)12-16)23-7-3-19(34-23)4-8-25(33)31-18-2-6-24-22(13-18)32-26(35-24)14-1-5-20(29)21(30)11-14/h1-13H,(H,31,33)/b8-4+. The van der Waals surface area contributed by atoms with Crippen LogP contribution in [0.2, 0.25) is 20.1 Å². The minimum Gasteiger partial charge on any atom is -0.457 e. The molecule has 1 N–H and O–H groups in total. The molecule has 0 aliphatic carbocycles. The molecule has 174 valence electrons. The number of nitrogens with one attached hydrogen (secondary N) is 1. The maximum absolute atomic E-state index is 12.4. The van der Waals surface area contributed by atoms with E-state index in [1.54, 1.807) is 72.8 Å². The minimum absolute atomic E-state index is 0.332. The fraction of sp³-hybridized carbons (Fsp3) is 0. The Balaban J connectivity index is 1.29. The zero-order valence-electron chi connectivity index (χ0n) is 17.7. The number of rotatable bonds is 5. The van der Waals surface area contributed by atoms with E-state index in [0.717, 1.165) is 5.56 Å². The van der Waals surface area contributed by atoms with E-state index in [-0.39, 0.29) is 5.91 Å². The second-order valence-corrected chi connectivity index (χ2v) is 9.20. The molecule has 0 aliphatic rings. The van der Waals surface area contributed by atoms with E-state index in [1.165, 1.54) is 6.08 Å². The van der Waals surface area contributed by atoms with Gasteiger partial charge in [0.2, 0.25) is 11.8 Å². The molecule has 5 rings (SSSR count). The molecule has 0 unspecified atom stereocenters. The van der Waals surface area contributed by atoms with Gasteiger partial charge in [-0.3, -0.25) is 4.79 Å². The molecule has 1 amide bonds. The molecule has 9 heteroatoms. The fourth-order valence-electron chi connectivity index (χ4n) is 3.39. The van der Waals surface area contributed by atoms with Crippen molar-refractivity contribution in [3.63, 3.8) is 0 Å². The van der Waals surface area contributed by atoms with Crippen LogP contribution in [0.4, 0.5) is 5.69 Å². The summed E-state index contributed by atoms with van der Waals surface area (Å²) in [4.78, 5) is 16.9. The minimum atomic E-state index is -0.332. The average molecular weight is 544 g/mol. The summed E-state index contributed by atoms with van der Waals surface area (Å²) in [6.45, 7) is 0. The molecule has 0 fully saturated rings. The third kappa shape index (κ3) is 5.39. The van der Waals surface area contributed by atoms with E-state index in [0.29, 0.717) is 59.9 Å². The van der Waals surface area contributed by atoms with Gasteiger partial charge in [0, 0.05) is 32.9 Å². The van der Waals surface area contributed by atoms with Gasteiger partial charge in [0.25, 0.3) is 0 Å². The number of anilines is 1. The number of aromatic nitrogens is 1. The molecule has 2 heterocycles. The molecule has 35 heavy (non-hydrogen) atoms. The number of carbonyl (C=O) groups is 1. The normalized spacial score (nSPS) is 11.4. The van der Waals surface area contributed by atoms with Gasteiger partial charge in [-0.25, -0.2) is 4.98 Å². The van der Waals surface area contributed by atoms with Gasteiger partial charge < -0.3 is 14.2 Å². The van der Waals surface area contributed by atoms with E-state index in [2.05, 4.69) is 10.3 Å². The SMILES string of the molecule is O=C(/C=C/c1ccc(-c2cc(Cl)cc(Cl)c2)o1)Nc1ccc2oc(-c3ccc(Cl)c(Cl)c3)nc2c1. The van der Waals surface area contributed by atoms with Crippen LogP contribution in [0.15, 0.2) is 81.6 Å². The smallest absolute Gasteiger partial charge is 0.248 e. The predicted molar refractivity (Wildman–Crippen MR) is 141 cm³/mol. The van der Waals surface area contributed by atoms with Gasteiger partial charge in [-0.2, -0.15) is 0 Å². The van der Waals surface area contributed by atoms with Gasteiger partial charge in [0.15, 0.2) is 5.58 Å². The van der Waals surface area contributed by atoms with Crippen LogP contribution in [0.1, 0.15) is 5.76 Å². The molecule has 0 spiro atoms. The Bertz CT molecular complexity index is 1580.